The summed E-state index contributed by atoms with van der Waals surface area (Å²) in [6.45, 7) is 0.203. The summed E-state index contributed by atoms with van der Waals surface area (Å²) < 4.78 is 4.55. The molecule has 2 rings (SSSR count). The average Bonchev–Trinajstić information content (AvgIpc) is 2.67. The van der Waals surface area contributed by atoms with Gasteiger partial charge in [0.25, 0.3) is 5.91 Å². The van der Waals surface area contributed by atoms with Crippen molar-refractivity contribution in [1.29, 1.82) is 0 Å². The summed E-state index contributed by atoms with van der Waals surface area (Å²) in [5, 5.41) is 0. The molecule has 1 saturated carbocycles. The molecule has 2 fully saturated rings. The molecule has 1 heterocycles. The minimum absolute atomic E-state index is 0.134. The first-order chi connectivity index (χ1) is 8.15. The first-order valence-corrected chi connectivity index (χ1v) is 6.07. The van der Waals surface area contributed by atoms with Crippen LogP contribution in [0.4, 0.5) is 0 Å². The lowest BCUT2D eigenvalue weighted by molar-refractivity contribution is -0.150. The lowest BCUT2D eigenvalue weighted by Crippen LogP contribution is -2.39. The molecule has 5 nitrogen and oxygen atoms in total. The van der Waals surface area contributed by atoms with E-state index in [2.05, 4.69) is 4.74 Å². The summed E-state index contributed by atoms with van der Waals surface area (Å²) in [5.74, 6) is -2.62. The molecule has 0 N–H and O–H groups in total. The largest absolute Gasteiger partial charge is 0.468 e. The quantitative estimate of drug-likeness (QED) is 0.400. The summed E-state index contributed by atoms with van der Waals surface area (Å²) >= 11 is 0. The number of esters is 1. The lowest BCUT2D eigenvalue weighted by Gasteiger charge is -2.30. The smallest absolute Gasteiger partial charge is 0.318 e. The minimum Gasteiger partial charge on any atom is -0.468 e. The Morgan fingerprint density at radius 1 is 1.24 bits per heavy atom. The van der Waals surface area contributed by atoms with E-state index in [0.717, 1.165) is 25.7 Å². The van der Waals surface area contributed by atoms with E-state index in [9.17, 15) is 14.4 Å². The number of carbonyl (C=O) groups excluding carboxylic acids is 3. The van der Waals surface area contributed by atoms with Gasteiger partial charge in [-0.15, -0.1) is 0 Å². The highest BCUT2D eigenvalue weighted by molar-refractivity contribution is 6.42. The van der Waals surface area contributed by atoms with Crippen LogP contribution < -0.4 is 0 Å². The fraction of sp³-hybridized carbons (Fsp3) is 0.750. The summed E-state index contributed by atoms with van der Waals surface area (Å²) in [7, 11) is 1.24. The molecule has 0 aromatic rings. The van der Waals surface area contributed by atoms with Gasteiger partial charge in [0.2, 0.25) is 5.78 Å². The molecule has 1 aliphatic heterocycles. The van der Waals surface area contributed by atoms with Crippen molar-refractivity contribution in [2.24, 2.45) is 5.92 Å². The highest BCUT2D eigenvalue weighted by atomic mass is 16.5. The second-order valence-corrected chi connectivity index (χ2v) is 4.69. The molecule has 0 radical (unpaired) electrons. The second kappa shape index (κ2) is 4.85. The Hall–Kier alpha value is -1.39. The molecule has 1 saturated heterocycles. The van der Waals surface area contributed by atoms with Gasteiger partial charge in [-0.3, -0.25) is 14.4 Å². The monoisotopic (exact) mass is 239 g/mol. The van der Waals surface area contributed by atoms with Crippen LogP contribution in [0.5, 0.6) is 0 Å². The Morgan fingerprint density at radius 3 is 2.47 bits per heavy atom. The second-order valence-electron chi connectivity index (χ2n) is 4.69. The maximum atomic E-state index is 11.8. The van der Waals surface area contributed by atoms with Crippen LogP contribution in [0.25, 0.3) is 0 Å². The molecular weight excluding hydrogens is 222 g/mol. The molecule has 1 aliphatic carbocycles. The van der Waals surface area contributed by atoms with Crippen molar-refractivity contribution in [3.8, 4) is 0 Å². The van der Waals surface area contributed by atoms with E-state index in [-0.39, 0.29) is 12.6 Å². The fourth-order valence-electron chi connectivity index (χ4n) is 2.68. The molecule has 0 bridgehead atoms. The number of Topliss-reactive ketones (excluding diaryl/α,β-unsaturated/α-hetero) is 1. The number of amides is 1. The Bertz CT molecular complexity index is 346. The van der Waals surface area contributed by atoms with Crippen molar-refractivity contribution < 1.29 is 19.1 Å². The molecular formula is C12H17NO4. The van der Waals surface area contributed by atoms with Gasteiger partial charge in [-0.2, -0.15) is 0 Å². The van der Waals surface area contributed by atoms with Gasteiger partial charge in [-0.25, -0.2) is 0 Å². The van der Waals surface area contributed by atoms with Crippen LogP contribution in [0.1, 0.15) is 32.1 Å². The first-order valence-electron chi connectivity index (χ1n) is 6.07. The summed E-state index contributed by atoms with van der Waals surface area (Å²) in [6, 6.07) is 0.134. The summed E-state index contributed by atoms with van der Waals surface area (Å²) in [5.41, 5.74) is 0. The van der Waals surface area contributed by atoms with Crippen molar-refractivity contribution in [1.82, 2.24) is 4.90 Å². The third-order valence-electron chi connectivity index (χ3n) is 3.67. The van der Waals surface area contributed by atoms with Crippen LogP contribution in [-0.2, 0) is 19.1 Å². The van der Waals surface area contributed by atoms with Gasteiger partial charge in [-0.1, -0.05) is 19.3 Å². The van der Waals surface area contributed by atoms with E-state index >= 15 is 0 Å². The minimum atomic E-state index is -0.908. The van der Waals surface area contributed by atoms with E-state index in [1.807, 2.05) is 0 Å². The number of hydrogen-bond acceptors (Lipinski definition) is 4. The number of ether oxygens (including phenoxy) is 1. The molecule has 0 aromatic heterocycles. The number of nitrogens with zero attached hydrogens (tertiary/aromatic N) is 1. The fourth-order valence-corrected chi connectivity index (χ4v) is 2.68. The number of rotatable bonds is 2. The zero-order valence-corrected chi connectivity index (χ0v) is 9.98. The third kappa shape index (κ3) is 2.18. The number of hydrogen-bond donors (Lipinski definition) is 0. The van der Waals surface area contributed by atoms with Crippen LogP contribution in [0.3, 0.4) is 0 Å². The van der Waals surface area contributed by atoms with Gasteiger partial charge in [0.05, 0.1) is 7.11 Å². The zero-order valence-electron chi connectivity index (χ0n) is 9.98. The Kier molecular flexibility index (Phi) is 3.45. The van der Waals surface area contributed by atoms with Crippen molar-refractivity contribution in [2.45, 2.75) is 38.1 Å². The predicted molar refractivity (Wildman–Crippen MR) is 59.1 cm³/mol. The highest BCUT2D eigenvalue weighted by Crippen LogP contribution is 2.27. The summed E-state index contributed by atoms with van der Waals surface area (Å²) in [4.78, 5) is 36.4. The van der Waals surface area contributed by atoms with Crippen molar-refractivity contribution in [3.05, 3.63) is 0 Å². The molecule has 2 aliphatic rings. The van der Waals surface area contributed by atoms with Crippen LogP contribution in [0.15, 0.2) is 0 Å². The van der Waals surface area contributed by atoms with Gasteiger partial charge < -0.3 is 9.64 Å². The highest BCUT2D eigenvalue weighted by Gasteiger charge is 2.46. The Labute approximate surface area is 100 Å². The Balaban J connectivity index is 2.07. The Morgan fingerprint density at radius 2 is 1.88 bits per heavy atom. The number of ketones is 1. The van der Waals surface area contributed by atoms with Gasteiger partial charge in [0.1, 0.15) is 5.92 Å². The van der Waals surface area contributed by atoms with Gasteiger partial charge in [0.15, 0.2) is 0 Å². The first kappa shape index (κ1) is 12.1. The molecule has 17 heavy (non-hydrogen) atoms. The topological polar surface area (TPSA) is 63.7 Å². The molecule has 1 atom stereocenters. The van der Waals surface area contributed by atoms with Crippen molar-refractivity contribution in [3.63, 3.8) is 0 Å². The van der Waals surface area contributed by atoms with E-state index in [0.29, 0.717) is 0 Å². The standard InChI is InChI=1S/C12H17NO4/c1-17-12(16)9-7-13(11(15)10(9)14)8-5-3-2-4-6-8/h8-9H,2-7H2,1H3/t9-/m1/s1. The van der Waals surface area contributed by atoms with Crippen LogP contribution in [-0.4, -0.2) is 42.3 Å². The van der Waals surface area contributed by atoms with E-state index in [4.69, 9.17) is 0 Å². The van der Waals surface area contributed by atoms with Crippen LogP contribution in [0.2, 0.25) is 0 Å². The van der Waals surface area contributed by atoms with Crippen molar-refractivity contribution in [2.75, 3.05) is 13.7 Å². The zero-order chi connectivity index (χ0) is 12.4. The SMILES string of the molecule is COC(=O)[C@@H]1CN(C2CCCCC2)C(=O)C1=O. The van der Waals surface area contributed by atoms with Gasteiger partial charge in [0, 0.05) is 12.6 Å². The third-order valence-corrected chi connectivity index (χ3v) is 3.67. The molecule has 0 unspecified atom stereocenters. The van der Waals surface area contributed by atoms with E-state index in [1.165, 1.54) is 13.5 Å². The average molecular weight is 239 g/mol. The molecule has 0 spiro atoms. The van der Waals surface area contributed by atoms with Crippen LogP contribution in [0, 0.1) is 5.92 Å². The number of carbonyl (C=O) groups is 3. The molecule has 0 aromatic carbocycles. The maximum absolute atomic E-state index is 11.8. The normalized spacial score (nSPS) is 26.4. The summed E-state index contributed by atoms with van der Waals surface area (Å²) in [6.07, 6.45) is 5.24. The van der Waals surface area contributed by atoms with Crippen molar-refractivity contribution >= 4 is 17.7 Å². The predicted octanol–water partition coefficient (Wildman–Crippen LogP) is 0.520. The maximum Gasteiger partial charge on any atom is 0.318 e. The number of methoxy groups -OCH3 is 1. The van der Waals surface area contributed by atoms with Gasteiger partial charge >= 0.3 is 5.97 Å². The van der Waals surface area contributed by atoms with E-state index in [1.54, 1.807) is 4.90 Å². The van der Waals surface area contributed by atoms with Crippen LogP contribution >= 0.6 is 0 Å². The van der Waals surface area contributed by atoms with E-state index < -0.39 is 23.6 Å². The molecule has 94 valence electrons. The molecule has 1 amide bonds. The number of likely N-dealkylation sites (tertiary alicyclic amines) is 1. The van der Waals surface area contributed by atoms with Gasteiger partial charge in [-0.05, 0) is 12.8 Å². The lowest BCUT2D eigenvalue weighted by atomic mass is 9.94. The molecule has 5 heteroatoms.